The fourth-order valence-corrected chi connectivity index (χ4v) is 8.85. The minimum absolute atomic E-state index is 0.127. The van der Waals surface area contributed by atoms with Gasteiger partial charge < -0.3 is 5.11 Å². The highest BCUT2D eigenvalue weighted by Gasteiger charge is 2.67. The van der Waals surface area contributed by atoms with Gasteiger partial charge in [0.2, 0.25) is 23.6 Å². The summed E-state index contributed by atoms with van der Waals surface area (Å²) < 4.78 is 0.842. The zero-order chi connectivity index (χ0) is 31.2. The number of para-hydroxylation sites is 1. The zero-order valence-corrected chi connectivity index (χ0v) is 26.0. The number of rotatable bonds is 3. The normalized spacial score (nSPS) is 29.1. The number of fused-ring (bicyclic) bond motifs is 5. The van der Waals surface area contributed by atoms with Gasteiger partial charge in [-0.25, -0.2) is 4.90 Å². The zero-order valence-electron chi connectivity index (χ0n) is 24.4. The summed E-state index contributed by atoms with van der Waals surface area (Å²) in [6.45, 7) is 1.88. The lowest BCUT2D eigenvalue weighted by molar-refractivity contribution is -0.131. The summed E-state index contributed by atoms with van der Waals surface area (Å²) in [7, 11) is 0. The van der Waals surface area contributed by atoms with Gasteiger partial charge in [0.25, 0.3) is 0 Å². The summed E-state index contributed by atoms with van der Waals surface area (Å²) in [6.07, 6.45) is 2.71. The van der Waals surface area contributed by atoms with Gasteiger partial charge >= 0.3 is 0 Å². The molecule has 2 aliphatic carbocycles. The van der Waals surface area contributed by atoms with Crippen molar-refractivity contribution < 1.29 is 24.3 Å². The van der Waals surface area contributed by atoms with Gasteiger partial charge in [-0.2, -0.15) is 0 Å². The third-order valence-corrected chi connectivity index (χ3v) is 11.1. The van der Waals surface area contributed by atoms with Crippen LogP contribution in [0.15, 0.2) is 107 Å². The highest BCUT2D eigenvalue weighted by molar-refractivity contribution is 9.10. The summed E-state index contributed by atoms with van der Waals surface area (Å²) in [5, 5.41) is 12.2. The second kappa shape index (κ2) is 9.97. The van der Waals surface area contributed by atoms with E-state index in [9.17, 15) is 24.3 Å². The van der Waals surface area contributed by atoms with Crippen LogP contribution in [0.3, 0.4) is 0 Å². The van der Waals surface area contributed by atoms with Crippen LogP contribution in [0.5, 0.6) is 5.75 Å². The Labute approximate surface area is 268 Å². The van der Waals surface area contributed by atoms with Crippen molar-refractivity contribution >= 4 is 61.7 Å². The first-order valence-electron chi connectivity index (χ1n) is 15.2. The average Bonchev–Trinajstić information content (AvgIpc) is 3.42. The molecule has 8 heteroatoms. The lowest BCUT2D eigenvalue weighted by atomic mass is 9.51. The van der Waals surface area contributed by atoms with Crippen molar-refractivity contribution in [3.05, 3.63) is 113 Å². The van der Waals surface area contributed by atoms with Crippen LogP contribution in [-0.2, 0) is 19.2 Å². The van der Waals surface area contributed by atoms with E-state index in [1.165, 1.54) is 9.80 Å². The Morgan fingerprint density at radius 3 is 2.13 bits per heavy atom. The molecule has 1 saturated carbocycles. The number of halogens is 1. The third-order valence-electron chi connectivity index (χ3n) is 10.6. The summed E-state index contributed by atoms with van der Waals surface area (Å²) >= 11 is 3.43. The van der Waals surface area contributed by atoms with E-state index in [0.717, 1.165) is 21.0 Å². The molecule has 4 aromatic carbocycles. The molecule has 0 spiro atoms. The van der Waals surface area contributed by atoms with E-state index in [-0.39, 0.29) is 35.8 Å². The number of phenolic OH excluding ortho intramolecular Hbond substituents is 1. The first kappa shape index (κ1) is 28.0. The first-order valence-corrected chi connectivity index (χ1v) is 16.0. The molecule has 8 rings (SSSR count). The van der Waals surface area contributed by atoms with Gasteiger partial charge in [0.05, 0.1) is 34.5 Å². The molecular weight excluding hydrogens is 632 g/mol. The molecule has 2 saturated heterocycles. The highest BCUT2D eigenvalue weighted by atomic mass is 79.9. The molecule has 2 aliphatic heterocycles. The van der Waals surface area contributed by atoms with Crippen LogP contribution in [0.4, 0.5) is 11.4 Å². The van der Waals surface area contributed by atoms with Crippen LogP contribution in [0, 0.1) is 29.1 Å². The van der Waals surface area contributed by atoms with E-state index >= 15 is 0 Å². The Morgan fingerprint density at radius 1 is 0.733 bits per heavy atom. The van der Waals surface area contributed by atoms with E-state index in [1.54, 1.807) is 54.6 Å². The van der Waals surface area contributed by atoms with Crippen molar-refractivity contribution in [3.8, 4) is 5.75 Å². The van der Waals surface area contributed by atoms with Crippen molar-refractivity contribution in [1.82, 2.24) is 0 Å². The number of anilines is 2. The molecule has 6 atom stereocenters. The quantitative estimate of drug-likeness (QED) is 0.194. The largest absolute Gasteiger partial charge is 0.507 e. The van der Waals surface area contributed by atoms with Crippen LogP contribution in [0.25, 0.3) is 10.8 Å². The average molecular weight is 662 g/mol. The predicted octanol–water partition coefficient (Wildman–Crippen LogP) is 6.74. The molecule has 2 heterocycles. The molecule has 0 unspecified atom stereocenters. The topological polar surface area (TPSA) is 95.0 Å². The summed E-state index contributed by atoms with van der Waals surface area (Å²) in [4.78, 5) is 59.7. The van der Waals surface area contributed by atoms with Crippen LogP contribution < -0.4 is 9.80 Å². The lowest BCUT2D eigenvalue weighted by Crippen LogP contribution is -2.49. The maximum Gasteiger partial charge on any atom is 0.241 e. The van der Waals surface area contributed by atoms with Crippen molar-refractivity contribution in [2.75, 3.05) is 9.80 Å². The number of aromatic hydroxyl groups is 1. The van der Waals surface area contributed by atoms with Gasteiger partial charge in [0.15, 0.2) is 0 Å². The van der Waals surface area contributed by atoms with E-state index in [1.807, 2.05) is 43.3 Å². The van der Waals surface area contributed by atoms with Gasteiger partial charge in [0.1, 0.15) is 5.75 Å². The van der Waals surface area contributed by atoms with E-state index in [2.05, 4.69) is 22.0 Å². The maximum atomic E-state index is 14.6. The molecule has 0 bridgehead atoms. The SMILES string of the molecule is C[C@@]12C(=O)N(c3ccccc3)C(=O)[C@@H]1C[C@@H]1C(=CC[C@@H]3C(=O)N(c4ccc(Br)cc4)C(=O)[C@@H]31)[C@@H]2c1ccc(O)c2ccccc12. The van der Waals surface area contributed by atoms with Crippen LogP contribution in [0.2, 0.25) is 0 Å². The van der Waals surface area contributed by atoms with Gasteiger partial charge in [-0.15, -0.1) is 0 Å². The number of hydrogen-bond donors (Lipinski definition) is 1. The number of amides is 4. The highest BCUT2D eigenvalue weighted by Crippen LogP contribution is 2.64. The third kappa shape index (κ3) is 3.81. The number of hydrogen-bond acceptors (Lipinski definition) is 5. The number of phenols is 1. The Morgan fingerprint density at radius 2 is 1.40 bits per heavy atom. The van der Waals surface area contributed by atoms with E-state index < -0.39 is 35.0 Å². The second-order valence-corrected chi connectivity index (χ2v) is 13.6. The molecule has 4 aliphatic rings. The first-order chi connectivity index (χ1) is 21.7. The van der Waals surface area contributed by atoms with Gasteiger partial charge in [0, 0.05) is 15.8 Å². The Hall–Kier alpha value is -4.56. The molecule has 1 N–H and O–H groups in total. The number of carbonyl (C=O) groups excluding carboxylic acids is 4. The van der Waals surface area contributed by atoms with Crippen molar-refractivity contribution in [2.45, 2.75) is 25.7 Å². The van der Waals surface area contributed by atoms with Gasteiger partial charge in [-0.1, -0.05) is 76.1 Å². The van der Waals surface area contributed by atoms with Crippen molar-refractivity contribution in [3.63, 3.8) is 0 Å². The van der Waals surface area contributed by atoms with Crippen LogP contribution in [0.1, 0.15) is 31.2 Å². The molecule has 4 aromatic rings. The number of imide groups is 2. The van der Waals surface area contributed by atoms with Crippen molar-refractivity contribution in [1.29, 1.82) is 0 Å². The summed E-state index contributed by atoms with van der Waals surface area (Å²) in [5.74, 6) is -3.82. The molecule has 0 aromatic heterocycles. The monoisotopic (exact) mass is 660 g/mol. The number of carbonyl (C=O) groups is 4. The Bertz CT molecular complexity index is 1970. The van der Waals surface area contributed by atoms with Crippen molar-refractivity contribution in [2.24, 2.45) is 29.1 Å². The fraction of sp³-hybridized carbons (Fsp3) is 0.243. The molecule has 45 heavy (non-hydrogen) atoms. The Balaban J connectivity index is 1.31. The molecule has 0 radical (unpaired) electrons. The lowest BCUT2D eigenvalue weighted by Gasteiger charge is -2.49. The summed E-state index contributed by atoms with van der Waals surface area (Å²) in [5.41, 5.74) is 1.62. The van der Waals surface area contributed by atoms with E-state index in [0.29, 0.717) is 23.2 Å². The molecule has 4 amide bonds. The van der Waals surface area contributed by atoms with E-state index in [4.69, 9.17) is 0 Å². The minimum Gasteiger partial charge on any atom is -0.507 e. The molecular formula is C37H29BrN2O5. The maximum absolute atomic E-state index is 14.6. The number of nitrogens with zero attached hydrogens (tertiary/aromatic N) is 2. The predicted molar refractivity (Wildman–Crippen MR) is 173 cm³/mol. The number of benzene rings is 4. The van der Waals surface area contributed by atoms with Crippen LogP contribution >= 0.6 is 15.9 Å². The van der Waals surface area contributed by atoms with Gasteiger partial charge in [-0.3, -0.25) is 24.1 Å². The van der Waals surface area contributed by atoms with Gasteiger partial charge in [-0.05, 0) is 79.1 Å². The fourth-order valence-electron chi connectivity index (χ4n) is 8.59. The number of allylic oxidation sites excluding steroid dienone is 2. The minimum atomic E-state index is -1.15. The molecule has 3 fully saturated rings. The Kier molecular flexibility index (Phi) is 6.20. The van der Waals surface area contributed by atoms with Crippen LogP contribution in [-0.4, -0.2) is 28.7 Å². The second-order valence-electron chi connectivity index (χ2n) is 12.7. The molecule has 224 valence electrons. The molecule has 7 nitrogen and oxygen atoms in total. The standard InChI is InChI=1S/C37H29BrN2O5/c1-37-29(34(43)40(36(37)45)21-7-3-2-4-8-21)19-28-26(32(37)25-17-18-30(41)24-10-6-5-9-23(24)25)15-16-27-31(28)35(44)39(33(27)42)22-13-11-20(38)12-14-22/h2-15,17-18,27-29,31-32,41H,16,19H2,1H3/t27-,28+,29-,31-,32-,37+/m0/s1. The smallest absolute Gasteiger partial charge is 0.241 e. The summed E-state index contributed by atoms with van der Waals surface area (Å²) in [6, 6.07) is 27.1.